The van der Waals surface area contributed by atoms with Crippen LogP contribution in [0.1, 0.15) is 18.1 Å². The van der Waals surface area contributed by atoms with Gasteiger partial charge in [-0.2, -0.15) is 0 Å². The Morgan fingerprint density at radius 1 is 1.00 bits per heavy atom. The number of nitrogens with one attached hydrogen (secondary N) is 2. The first-order valence-electron chi connectivity index (χ1n) is 7.48. The predicted molar refractivity (Wildman–Crippen MR) is 96.7 cm³/mol. The van der Waals surface area contributed by atoms with Gasteiger partial charge in [0.15, 0.2) is 5.11 Å². The number of thiocarbonyl (C=S) groups is 1. The van der Waals surface area contributed by atoms with Crippen molar-refractivity contribution in [3.8, 4) is 5.75 Å². The summed E-state index contributed by atoms with van der Waals surface area (Å²) in [5.74, 6) is 0.879. The maximum absolute atomic E-state index is 5.31. The van der Waals surface area contributed by atoms with Gasteiger partial charge in [-0.25, -0.2) is 0 Å². The SMILES string of the molecule is CCc1ccc(NC(=S)NCCc2ccc(OC)cc2)cc1. The van der Waals surface area contributed by atoms with E-state index >= 15 is 0 Å². The molecule has 2 N–H and O–H groups in total. The van der Waals surface area contributed by atoms with Crippen LogP contribution in [0.4, 0.5) is 5.69 Å². The van der Waals surface area contributed by atoms with E-state index in [1.807, 2.05) is 12.1 Å². The number of anilines is 1. The van der Waals surface area contributed by atoms with Crippen LogP contribution in [0.2, 0.25) is 0 Å². The summed E-state index contributed by atoms with van der Waals surface area (Å²) in [7, 11) is 1.67. The van der Waals surface area contributed by atoms with E-state index in [-0.39, 0.29) is 0 Å². The van der Waals surface area contributed by atoms with Crippen LogP contribution in [-0.4, -0.2) is 18.8 Å². The Morgan fingerprint density at radius 2 is 1.64 bits per heavy atom. The number of benzene rings is 2. The topological polar surface area (TPSA) is 33.3 Å². The van der Waals surface area contributed by atoms with Gasteiger partial charge in [-0.3, -0.25) is 0 Å². The Morgan fingerprint density at radius 3 is 2.23 bits per heavy atom. The predicted octanol–water partition coefficient (Wildman–Crippen LogP) is 3.79. The lowest BCUT2D eigenvalue weighted by Crippen LogP contribution is -2.30. The van der Waals surface area contributed by atoms with Gasteiger partial charge in [-0.05, 0) is 60.5 Å². The van der Waals surface area contributed by atoms with Gasteiger partial charge in [0, 0.05) is 12.2 Å². The molecule has 0 aliphatic carbocycles. The fourth-order valence-electron chi connectivity index (χ4n) is 2.11. The van der Waals surface area contributed by atoms with Crippen molar-refractivity contribution >= 4 is 23.0 Å². The van der Waals surface area contributed by atoms with Crippen molar-refractivity contribution in [3.05, 3.63) is 59.7 Å². The van der Waals surface area contributed by atoms with Gasteiger partial charge in [-0.15, -0.1) is 0 Å². The van der Waals surface area contributed by atoms with E-state index in [9.17, 15) is 0 Å². The summed E-state index contributed by atoms with van der Waals surface area (Å²) in [6, 6.07) is 16.4. The van der Waals surface area contributed by atoms with Gasteiger partial charge < -0.3 is 15.4 Å². The van der Waals surface area contributed by atoms with E-state index < -0.39 is 0 Å². The van der Waals surface area contributed by atoms with Crippen LogP contribution < -0.4 is 15.4 Å². The summed E-state index contributed by atoms with van der Waals surface area (Å²) in [6.07, 6.45) is 1.96. The van der Waals surface area contributed by atoms with Gasteiger partial charge in [0.1, 0.15) is 5.75 Å². The van der Waals surface area contributed by atoms with Crippen LogP contribution in [0.3, 0.4) is 0 Å². The van der Waals surface area contributed by atoms with E-state index in [1.165, 1.54) is 11.1 Å². The van der Waals surface area contributed by atoms with Crippen molar-refractivity contribution in [2.24, 2.45) is 0 Å². The number of rotatable bonds is 6. The molecule has 0 saturated carbocycles. The van der Waals surface area contributed by atoms with Crippen LogP contribution in [-0.2, 0) is 12.8 Å². The Labute approximate surface area is 137 Å². The van der Waals surface area contributed by atoms with Gasteiger partial charge in [0.05, 0.1) is 7.11 Å². The Balaban J connectivity index is 1.74. The number of hydrogen-bond donors (Lipinski definition) is 2. The summed E-state index contributed by atoms with van der Waals surface area (Å²) in [5, 5.41) is 7.07. The monoisotopic (exact) mass is 314 g/mol. The second-order valence-electron chi connectivity index (χ2n) is 5.03. The number of hydrogen-bond acceptors (Lipinski definition) is 2. The zero-order valence-corrected chi connectivity index (χ0v) is 13.9. The molecule has 2 aromatic rings. The normalized spacial score (nSPS) is 10.1. The molecule has 0 aromatic heterocycles. The number of ether oxygens (including phenoxy) is 1. The Bertz CT molecular complexity index is 593. The molecule has 2 aromatic carbocycles. The van der Waals surface area contributed by atoms with Crippen molar-refractivity contribution in [2.45, 2.75) is 19.8 Å². The van der Waals surface area contributed by atoms with E-state index in [4.69, 9.17) is 17.0 Å². The first-order chi connectivity index (χ1) is 10.7. The Hall–Kier alpha value is -2.07. The minimum absolute atomic E-state index is 0.651. The van der Waals surface area contributed by atoms with Crippen LogP contribution in [0.25, 0.3) is 0 Å². The zero-order valence-electron chi connectivity index (χ0n) is 13.1. The van der Waals surface area contributed by atoms with Gasteiger partial charge in [0.2, 0.25) is 0 Å². The second-order valence-corrected chi connectivity index (χ2v) is 5.44. The molecule has 0 aliphatic heterocycles. The lowest BCUT2D eigenvalue weighted by Gasteiger charge is -2.11. The number of aryl methyl sites for hydroxylation is 1. The molecule has 4 heteroatoms. The number of methoxy groups -OCH3 is 1. The lowest BCUT2D eigenvalue weighted by atomic mass is 10.1. The third-order valence-electron chi connectivity index (χ3n) is 3.48. The lowest BCUT2D eigenvalue weighted by molar-refractivity contribution is 0.414. The van der Waals surface area contributed by atoms with E-state index in [1.54, 1.807) is 7.11 Å². The molecule has 2 rings (SSSR count). The van der Waals surface area contributed by atoms with Gasteiger partial charge in [-0.1, -0.05) is 31.2 Å². The third kappa shape index (κ3) is 5.04. The highest BCUT2D eigenvalue weighted by atomic mass is 32.1. The van der Waals surface area contributed by atoms with Gasteiger partial charge >= 0.3 is 0 Å². The quantitative estimate of drug-likeness (QED) is 0.795. The van der Waals surface area contributed by atoms with Gasteiger partial charge in [0.25, 0.3) is 0 Å². The average molecular weight is 314 g/mol. The highest BCUT2D eigenvalue weighted by Gasteiger charge is 1.99. The Kier molecular flexibility index (Phi) is 6.22. The van der Waals surface area contributed by atoms with E-state index in [2.05, 4.69) is 54.0 Å². The molecular weight excluding hydrogens is 292 g/mol. The smallest absolute Gasteiger partial charge is 0.170 e. The molecular formula is C18H22N2OS. The molecule has 0 unspecified atom stereocenters. The summed E-state index contributed by atoms with van der Waals surface area (Å²) in [4.78, 5) is 0. The van der Waals surface area contributed by atoms with Crippen molar-refractivity contribution < 1.29 is 4.74 Å². The minimum atomic E-state index is 0.651. The molecule has 0 atom stereocenters. The van der Waals surface area contributed by atoms with Crippen LogP contribution in [0.5, 0.6) is 5.75 Å². The first kappa shape index (κ1) is 16.3. The molecule has 0 heterocycles. The maximum Gasteiger partial charge on any atom is 0.170 e. The van der Waals surface area contributed by atoms with Crippen LogP contribution in [0.15, 0.2) is 48.5 Å². The van der Waals surface area contributed by atoms with Crippen molar-refractivity contribution in [2.75, 3.05) is 19.0 Å². The molecule has 0 radical (unpaired) electrons. The van der Waals surface area contributed by atoms with Crippen molar-refractivity contribution in [1.29, 1.82) is 0 Å². The van der Waals surface area contributed by atoms with E-state index in [0.717, 1.165) is 30.8 Å². The summed E-state index contributed by atoms with van der Waals surface area (Å²) in [5.41, 5.74) is 3.59. The zero-order chi connectivity index (χ0) is 15.8. The molecule has 0 saturated heterocycles. The molecule has 116 valence electrons. The van der Waals surface area contributed by atoms with Crippen LogP contribution in [0, 0.1) is 0 Å². The molecule has 0 spiro atoms. The standard InChI is InChI=1S/C18H22N2OS/c1-3-14-4-8-16(9-5-14)20-18(22)19-13-12-15-6-10-17(21-2)11-7-15/h4-11H,3,12-13H2,1-2H3,(H2,19,20,22). The van der Waals surface area contributed by atoms with Crippen molar-refractivity contribution in [1.82, 2.24) is 5.32 Å². The minimum Gasteiger partial charge on any atom is -0.497 e. The average Bonchev–Trinajstić information content (AvgIpc) is 2.56. The first-order valence-corrected chi connectivity index (χ1v) is 7.89. The van der Waals surface area contributed by atoms with Crippen molar-refractivity contribution in [3.63, 3.8) is 0 Å². The maximum atomic E-state index is 5.31. The molecule has 0 bridgehead atoms. The molecule has 22 heavy (non-hydrogen) atoms. The molecule has 0 fully saturated rings. The van der Waals surface area contributed by atoms with Crippen LogP contribution >= 0.6 is 12.2 Å². The fraction of sp³-hybridized carbons (Fsp3) is 0.278. The highest BCUT2D eigenvalue weighted by molar-refractivity contribution is 7.80. The fourth-order valence-corrected chi connectivity index (χ4v) is 2.33. The highest BCUT2D eigenvalue weighted by Crippen LogP contribution is 2.12. The van der Waals surface area contributed by atoms with E-state index in [0.29, 0.717) is 5.11 Å². The third-order valence-corrected chi connectivity index (χ3v) is 3.72. The second kappa shape index (κ2) is 8.39. The summed E-state index contributed by atoms with van der Waals surface area (Å²) >= 11 is 5.31. The summed E-state index contributed by atoms with van der Waals surface area (Å²) in [6.45, 7) is 2.94. The largest absolute Gasteiger partial charge is 0.497 e. The molecule has 0 amide bonds. The summed E-state index contributed by atoms with van der Waals surface area (Å²) < 4.78 is 5.15. The molecule has 0 aliphatic rings. The molecule has 3 nitrogen and oxygen atoms in total.